The van der Waals surface area contributed by atoms with Crippen LogP contribution in [0, 0.1) is 0 Å². The molecule has 0 aliphatic carbocycles. The number of hydrogen-bond acceptors (Lipinski definition) is 6. The zero-order valence-corrected chi connectivity index (χ0v) is 16.2. The fourth-order valence-corrected chi connectivity index (χ4v) is 2.11. The molecule has 8 nitrogen and oxygen atoms in total. The molecule has 1 atom stereocenters. The maximum atomic E-state index is 11.8. The van der Waals surface area contributed by atoms with E-state index in [1.54, 1.807) is 20.8 Å². The van der Waals surface area contributed by atoms with Gasteiger partial charge in [0.05, 0.1) is 7.11 Å². The number of alkyl carbamates (subject to hydrolysis) is 2. The van der Waals surface area contributed by atoms with E-state index in [2.05, 4.69) is 15.4 Å². The van der Waals surface area contributed by atoms with E-state index in [4.69, 9.17) is 9.47 Å². The Morgan fingerprint density at radius 3 is 2.33 bits per heavy atom. The minimum absolute atomic E-state index is 0.178. The molecule has 0 heterocycles. The SMILES string of the molecule is COC(=O)[C@H](CCCNC(=O)OCc1ccccc1)NC(=O)OC(C)(C)C. The Morgan fingerprint density at radius 1 is 1.07 bits per heavy atom. The van der Waals surface area contributed by atoms with Gasteiger partial charge in [-0.15, -0.1) is 0 Å². The number of rotatable bonds is 8. The number of carbonyl (C=O) groups excluding carboxylic acids is 3. The van der Waals surface area contributed by atoms with Crippen molar-refractivity contribution < 1.29 is 28.6 Å². The van der Waals surface area contributed by atoms with Crippen molar-refractivity contribution >= 4 is 18.2 Å². The summed E-state index contributed by atoms with van der Waals surface area (Å²) in [6.07, 6.45) is -0.525. The first-order chi connectivity index (χ1) is 12.7. The van der Waals surface area contributed by atoms with Crippen LogP contribution < -0.4 is 10.6 Å². The van der Waals surface area contributed by atoms with Gasteiger partial charge in [0.25, 0.3) is 0 Å². The number of carbonyl (C=O) groups is 3. The average Bonchev–Trinajstić information content (AvgIpc) is 2.61. The summed E-state index contributed by atoms with van der Waals surface area (Å²) < 4.78 is 14.9. The van der Waals surface area contributed by atoms with E-state index in [0.29, 0.717) is 6.42 Å². The lowest BCUT2D eigenvalue weighted by molar-refractivity contribution is -0.143. The number of hydrogen-bond donors (Lipinski definition) is 2. The van der Waals surface area contributed by atoms with Crippen LogP contribution in [0.1, 0.15) is 39.2 Å². The van der Waals surface area contributed by atoms with Gasteiger partial charge in [-0.2, -0.15) is 0 Å². The molecule has 1 rings (SSSR count). The highest BCUT2D eigenvalue weighted by Gasteiger charge is 2.24. The highest BCUT2D eigenvalue weighted by molar-refractivity contribution is 5.81. The topological polar surface area (TPSA) is 103 Å². The monoisotopic (exact) mass is 380 g/mol. The van der Waals surface area contributed by atoms with Gasteiger partial charge in [-0.05, 0) is 39.2 Å². The molecule has 8 heteroatoms. The molecule has 150 valence electrons. The second-order valence-corrected chi connectivity index (χ2v) is 6.85. The molecule has 0 unspecified atom stereocenters. The van der Waals surface area contributed by atoms with Gasteiger partial charge < -0.3 is 24.8 Å². The van der Waals surface area contributed by atoms with Crippen molar-refractivity contribution in [3.05, 3.63) is 35.9 Å². The number of esters is 1. The minimum atomic E-state index is -0.855. The Balaban J connectivity index is 2.33. The highest BCUT2D eigenvalue weighted by atomic mass is 16.6. The van der Waals surface area contributed by atoms with Crippen LogP contribution in [0.2, 0.25) is 0 Å². The van der Waals surface area contributed by atoms with Crippen molar-refractivity contribution in [1.82, 2.24) is 10.6 Å². The molecule has 1 aromatic rings. The summed E-state index contributed by atoms with van der Waals surface area (Å²) in [5.41, 5.74) is 0.217. The molecule has 1 aromatic carbocycles. The van der Waals surface area contributed by atoms with Crippen LogP contribution in [0.15, 0.2) is 30.3 Å². The van der Waals surface area contributed by atoms with Crippen LogP contribution in [-0.4, -0.2) is 43.5 Å². The molecule has 0 saturated heterocycles. The second-order valence-electron chi connectivity index (χ2n) is 6.85. The minimum Gasteiger partial charge on any atom is -0.467 e. The standard InChI is InChI=1S/C19H28N2O6/c1-19(2,3)27-18(24)21-15(16(22)25-4)11-8-12-20-17(23)26-13-14-9-6-5-7-10-14/h5-7,9-10,15H,8,11-13H2,1-4H3,(H,20,23)(H,21,24)/t15-/m0/s1. The van der Waals surface area contributed by atoms with Gasteiger partial charge in [0, 0.05) is 6.54 Å². The van der Waals surface area contributed by atoms with Crippen LogP contribution in [0.5, 0.6) is 0 Å². The van der Waals surface area contributed by atoms with Gasteiger partial charge in [0.2, 0.25) is 0 Å². The normalized spacial score (nSPS) is 11.9. The molecule has 0 aromatic heterocycles. The first-order valence-electron chi connectivity index (χ1n) is 8.73. The predicted molar refractivity (Wildman–Crippen MR) is 99.0 cm³/mol. The fraction of sp³-hybridized carbons (Fsp3) is 0.526. The third-order valence-electron chi connectivity index (χ3n) is 3.33. The molecule has 0 bridgehead atoms. The summed E-state index contributed by atoms with van der Waals surface area (Å²) >= 11 is 0. The Labute approximate surface area is 159 Å². The molecule has 2 N–H and O–H groups in total. The maximum Gasteiger partial charge on any atom is 0.408 e. The second kappa shape index (κ2) is 11.1. The molecular formula is C19H28N2O6. The predicted octanol–water partition coefficient (Wildman–Crippen LogP) is 2.76. The van der Waals surface area contributed by atoms with Crippen molar-refractivity contribution in [2.75, 3.05) is 13.7 Å². The van der Waals surface area contributed by atoms with Gasteiger partial charge in [-0.1, -0.05) is 30.3 Å². The van der Waals surface area contributed by atoms with Crippen molar-refractivity contribution in [3.63, 3.8) is 0 Å². The Kier molecular flexibility index (Phi) is 9.12. The van der Waals surface area contributed by atoms with Gasteiger partial charge in [0.1, 0.15) is 18.2 Å². The molecule has 0 spiro atoms. The van der Waals surface area contributed by atoms with Gasteiger partial charge in [-0.3, -0.25) is 0 Å². The van der Waals surface area contributed by atoms with Crippen LogP contribution in [0.4, 0.5) is 9.59 Å². The third kappa shape index (κ3) is 10.1. The van der Waals surface area contributed by atoms with E-state index in [9.17, 15) is 14.4 Å². The van der Waals surface area contributed by atoms with E-state index >= 15 is 0 Å². The zero-order chi connectivity index (χ0) is 20.3. The Hall–Kier alpha value is -2.77. The average molecular weight is 380 g/mol. The fourth-order valence-electron chi connectivity index (χ4n) is 2.11. The highest BCUT2D eigenvalue weighted by Crippen LogP contribution is 2.08. The van der Waals surface area contributed by atoms with Crippen molar-refractivity contribution in [2.24, 2.45) is 0 Å². The lowest BCUT2D eigenvalue weighted by atomic mass is 10.1. The molecule has 27 heavy (non-hydrogen) atoms. The summed E-state index contributed by atoms with van der Waals surface area (Å²) in [5, 5.41) is 5.08. The van der Waals surface area contributed by atoms with E-state index in [0.717, 1.165) is 5.56 Å². The van der Waals surface area contributed by atoms with E-state index in [1.807, 2.05) is 30.3 Å². The Bertz CT molecular complexity index is 612. The Morgan fingerprint density at radius 2 is 1.74 bits per heavy atom. The van der Waals surface area contributed by atoms with Crippen molar-refractivity contribution in [3.8, 4) is 0 Å². The number of benzene rings is 1. The molecular weight excluding hydrogens is 352 g/mol. The number of nitrogens with one attached hydrogen (secondary N) is 2. The maximum absolute atomic E-state index is 11.8. The summed E-state index contributed by atoms with van der Waals surface area (Å²) in [5.74, 6) is -0.576. The molecule has 0 aliphatic heterocycles. The summed E-state index contributed by atoms with van der Waals surface area (Å²) in [7, 11) is 1.24. The summed E-state index contributed by atoms with van der Waals surface area (Å²) in [6.45, 7) is 5.65. The third-order valence-corrected chi connectivity index (χ3v) is 3.33. The van der Waals surface area contributed by atoms with Gasteiger partial charge in [0.15, 0.2) is 0 Å². The van der Waals surface area contributed by atoms with E-state index < -0.39 is 29.8 Å². The largest absolute Gasteiger partial charge is 0.467 e. The number of amides is 2. The first kappa shape index (κ1) is 22.3. The molecule has 0 saturated carbocycles. The van der Waals surface area contributed by atoms with E-state index in [-0.39, 0.29) is 19.6 Å². The molecule has 0 fully saturated rings. The van der Waals surface area contributed by atoms with Crippen molar-refractivity contribution in [1.29, 1.82) is 0 Å². The van der Waals surface area contributed by atoms with Crippen LogP contribution in [-0.2, 0) is 25.6 Å². The summed E-state index contributed by atoms with van der Waals surface area (Å²) in [6, 6.07) is 8.47. The van der Waals surface area contributed by atoms with Crippen LogP contribution in [0.25, 0.3) is 0 Å². The van der Waals surface area contributed by atoms with Gasteiger partial charge >= 0.3 is 18.2 Å². The molecule has 2 amide bonds. The number of ether oxygens (including phenoxy) is 3. The van der Waals surface area contributed by atoms with Crippen LogP contribution in [0.3, 0.4) is 0 Å². The smallest absolute Gasteiger partial charge is 0.408 e. The lowest BCUT2D eigenvalue weighted by Crippen LogP contribution is -2.44. The lowest BCUT2D eigenvalue weighted by Gasteiger charge is -2.22. The van der Waals surface area contributed by atoms with Crippen LogP contribution >= 0.6 is 0 Å². The van der Waals surface area contributed by atoms with Crippen molar-refractivity contribution in [2.45, 2.75) is 51.9 Å². The van der Waals surface area contributed by atoms with E-state index in [1.165, 1.54) is 7.11 Å². The zero-order valence-electron chi connectivity index (χ0n) is 16.2. The first-order valence-corrected chi connectivity index (χ1v) is 8.73. The molecule has 0 radical (unpaired) electrons. The number of methoxy groups -OCH3 is 1. The molecule has 0 aliphatic rings. The summed E-state index contributed by atoms with van der Waals surface area (Å²) in [4.78, 5) is 35.3. The van der Waals surface area contributed by atoms with Gasteiger partial charge in [-0.25, -0.2) is 14.4 Å². The quantitative estimate of drug-likeness (QED) is 0.408.